The van der Waals surface area contributed by atoms with Gasteiger partial charge in [-0.2, -0.15) is 5.10 Å². The highest BCUT2D eigenvalue weighted by atomic mass is 19.3. The van der Waals surface area contributed by atoms with Gasteiger partial charge in [0, 0.05) is 23.9 Å². The number of H-pyrrole nitrogens is 1. The lowest BCUT2D eigenvalue weighted by Crippen LogP contribution is -2.17. The number of hydrogen-bond acceptors (Lipinski definition) is 4. The number of benzene rings is 1. The lowest BCUT2D eigenvalue weighted by atomic mass is 10.0. The maximum absolute atomic E-state index is 13.6. The molecular formula is C18H13F3N6O. The van der Waals surface area contributed by atoms with Crippen LogP contribution in [0.3, 0.4) is 0 Å². The molecule has 28 heavy (non-hydrogen) atoms. The van der Waals surface area contributed by atoms with E-state index in [4.69, 9.17) is 0 Å². The molecule has 1 aromatic carbocycles. The summed E-state index contributed by atoms with van der Waals surface area (Å²) in [7, 11) is 1.58. The molecule has 0 saturated carbocycles. The molecule has 4 rings (SSSR count). The summed E-state index contributed by atoms with van der Waals surface area (Å²) in [4.78, 5) is 23.2. The van der Waals surface area contributed by atoms with Crippen molar-refractivity contribution in [3.8, 4) is 11.3 Å². The van der Waals surface area contributed by atoms with Crippen molar-refractivity contribution in [2.45, 2.75) is 6.43 Å². The fourth-order valence-electron chi connectivity index (χ4n) is 2.86. The number of aromatic nitrogens is 5. The molecular weight excluding hydrogens is 373 g/mol. The first-order valence-electron chi connectivity index (χ1n) is 8.14. The Morgan fingerprint density at radius 2 is 2.04 bits per heavy atom. The smallest absolute Gasteiger partial charge is 0.293 e. The van der Waals surface area contributed by atoms with Crippen molar-refractivity contribution < 1.29 is 18.0 Å². The summed E-state index contributed by atoms with van der Waals surface area (Å²) >= 11 is 0. The normalized spacial score (nSPS) is 11.3. The monoisotopic (exact) mass is 386 g/mol. The molecule has 7 nitrogen and oxygen atoms in total. The Morgan fingerprint density at radius 1 is 1.21 bits per heavy atom. The van der Waals surface area contributed by atoms with Crippen LogP contribution < -0.4 is 5.32 Å². The van der Waals surface area contributed by atoms with Gasteiger partial charge in [-0.1, -0.05) is 0 Å². The van der Waals surface area contributed by atoms with Crippen molar-refractivity contribution in [3.05, 3.63) is 60.1 Å². The summed E-state index contributed by atoms with van der Waals surface area (Å²) in [5.74, 6) is -0.978. The molecule has 3 aromatic heterocycles. The first-order chi connectivity index (χ1) is 13.4. The van der Waals surface area contributed by atoms with Crippen molar-refractivity contribution in [2.24, 2.45) is 7.05 Å². The zero-order valence-corrected chi connectivity index (χ0v) is 14.4. The van der Waals surface area contributed by atoms with Crippen LogP contribution in [0.5, 0.6) is 0 Å². The number of alkyl halides is 2. The zero-order valence-electron chi connectivity index (χ0n) is 14.4. The molecule has 0 saturated heterocycles. The van der Waals surface area contributed by atoms with E-state index in [0.717, 1.165) is 18.2 Å². The number of hydrogen-bond donors (Lipinski definition) is 2. The van der Waals surface area contributed by atoms with Gasteiger partial charge in [0.2, 0.25) is 5.82 Å². The molecule has 10 heteroatoms. The number of aromatic amines is 1. The number of nitrogens with zero attached hydrogens (tertiary/aromatic N) is 4. The van der Waals surface area contributed by atoms with E-state index in [1.54, 1.807) is 19.2 Å². The predicted octanol–water partition coefficient (Wildman–Crippen LogP) is 3.69. The van der Waals surface area contributed by atoms with Crippen molar-refractivity contribution in [1.29, 1.82) is 0 Å². The van der Waals surface area contributed by atoms with Crippen LogP contribution in [0.25, 0.3) is 22.3 Å². The highest BCUT2D eigenvalue weighted by Gasteiger charge is 2.18. The average molecular weight is 386 g/mol. The molecule has 3 heterocycles. The number of rotatable bonds is 4. The Labute approximate surface area is 156 Å². The summed E-state index contributed by atoms with van der Waals surface area (Å²) in [6.45, 7) is 0. The van der Waals surface area contributed by atoms with Crippen LogP contribution >= 0.6 is 0 Å². The maximum Gasteiger partial charge on any atom is 0.293 e. The summed E-state index contributed by atoms with van der Waals surface area (Å²) < 4.78 is 41.4. The van der Waals surface area contributed by atoms with Crippen LogP contribution in [-0.2, 0) is 7.05 Å². The summed E-state index contributed by atoms with van der Waals surface area (Å²) in [6, 6.07) is 6.24. The number of aryl methyl sites for hydroxylation is 1. The van der Waals surface area contributed by atoms with Gasteiger partial charge in [-0.3, -0.25) is 9.78 Å². The highest BCUT2D eigenvalue weighted by Crippen LogP contribution is 2.33. The second kappa shape index (κ2) is 6.80. The van der Waals surface area contributed by atoms with E-state index in [1.807, 2.05) is 0 Å². The first-order valence-corrected chi connectivity index (χ1v) is 8.14. The SMILES string of the molecule is Cn1ncnc1C(=O)Nc1cnc2cc(-c3cc(F)ccc3C(F)F)[nH]c2c1. The molecule has 0 fully saturated rings. The van der Waals surface area contributed by atoms with Crippen LogP contribution in [0.4, 0.5) is 18.9 Å². The van der Waals surface area contributed by atoms with E-state index in [2.05, 4.69) is 25.4 Å². The Bertz CT molecular complexity index is 1180. The number of fused-ring (bicyclic) bond motifs is 1. The fourth-order valence-corrected chi connectivity index (χ4v) is 2.86. The van der Waals surface area contributed by atoms with Gasteiger partial charge in [0.25, 0.3) is 12.3 Å². The van der Waals surface area contributed by atoms with Crippen molar-refractivity contribution in [2.75, 3.05) is 5.32 Å². The van der Waals surface area contributed by atoms with E-state index in [-0.39, 0.29) is 17.0 Å². The van der Waals surface area contributed by atoms with Crippen LogP contribution in [0, 0.1) is 5.82 Å². The topological polar surface area (TPSA) is 88.5 Å². The molecule has 1 amide bonds. The number of halogens is 3. The third kappa shape index (κ3) is 3.20. The zero-order chi connectivity index (χ0) is 19.8. The number of nitrogens with one attached hydrogen (secondary N) is 2. The third-order valence-corrected chi connectivity index (χ3v) is 4.18. The molecule has 0 aliphatic rings. The maximum atomic E-state index is 13.6. The van der Waals surface area contributed by atoms with Gasteiger partial charge in [0.1, 0.15) is 12.1 Å². The van der Waals surface area contributed by atoms with Crippen LogP contribution in [-0.4, -0.2) is 30.6 Å². The third-order valence-electron chi connectivity index (χ3n) is 4.18. The molecule has 2 N–H and O–H groups in total. The van der Waals surface area contributed by atoms with E-state index >= 15 is 0 Å². The lowest BCUT2D eigenvalue weighted by molar-refractivity contribution is 0.101. The van der Waals surface area contributed by atoms with E-state index in [9.17, 15) is 18.0 Å². The standard InChI is InChI=1S/C18H13F3N6O/c1-27-17(23-8-24-27)18(28)25-10-5-15-14(22-7-10)6-13(26-15)12-4-9(19)2-3-11(12)16(20)21/h2-8,16,26H,1H3,(H,25,28). The average Bonchev–Trinajstić information content (AvgIpc) is 3.27. The van der Waals surface area contributed by atoms with Gasteiger partial charge in [-0.15, -0.1) is 0 Å². The molecule has 0 aliphatic carbocycles. The molecule has 0 unspecified atom stereocenters. The minimum atomic E-state index is -2.75. The number of carbonyl (C=O) groups excluding carboxylic acids is 1. The second-order valence-electron chi connectivity index (χ2n) is 6.03. The van der Waals surface area contributed by atoms with Gasteiger partial charge >= 0.3 is 0 Å². The van der Waals surface area contributed by atoms with Gasteiger partial charge in [-0.25, -0.2) is 22.8 Å². The molecule has 0 radical (unpaired) electrons. The fraction of sp³-hybridized carbons (Fsp3) is 0.111. The highest BCUT2D eigenvalue weighted by molar-refractivity contribution is 6.02. The second-order valence-corrected chi connectivity index (χ2v) is 6.03. The molecule has 0 bridgehead atoms. The Hall–Kier alpha value is -3.69. The van der Waals surface area contributed by atoms with Gasteiger partial charge in [-0.05, 0) is 30.3 Å². The lowest BCUT2D eigenvalue weighted by Gasteiger charge is -2.07. The molecule has 0 aliphatic heterocycles. The number of carbonyl (C=O) groups is 1. The number of anilines is 1. The molecule has 0 spiro atoms. The van der Waals surface area contributed by atoms with Crippen LogP contribution in [0.1, 0.15) is 22.6 Å². The summed E-state index contributed by atoms with van der Waals surface area (Å²) in [5.41, 5.74) is 1.42. The number of amides is 1. The first kappa shape index (κ1) is 17.7. The van der Waals surface area contributed by atoms with E-state index in [0.29, 0.717) is 22.4 Å². The summed E-state index contributed by atoms with van der Waals surface area (Å²) in [5, 5.41) is 6.47. The summed E-state index contributed by atoms with van der Waals surface area (Å²) in [6.07, 6.45) is -0.0719. The quantitative estimate of drug-likeness (QED) is 0.560. The van der Waals surface area contributed by atoms with E-state index in [1.165, 1.54) is 17.2 Å². The van der Waals surface area contributed by atoms with E-state index < -0.39 is 18.1 Å². The van der Waals surface area contributed by atoms with Crippen LogP contribution in [0.15, 0.2) is 42.9 Å². The van der Waals surface area contributed by atoms with Gasteiger partial charge in [0.15, 0.2) is 0 Å². The predicted molar refractivity (Wildman–Crippen MR) is 95.4 cm³/mol. The molecule has 0 atom stereocenters. The minimum Gasteiger partial charge on any atom is -0.353 e. The minimum absolute atomic E-state index is 0.0534. The van der Waals surface area contributed by atoms with Crippen molar-refractivity contribution in [1.82, 2.24) is 24.7 Å². The Morgan fingerprint density at radius 3 is 2.75 bits per heavy atom. The van der Waals surface area contributed by atoms with Gasteiger partial charge in [0.05, 0.1) is 22.9 Å². The van der Waals surface area contributed by atoms with Crippen LogP contribution in [0.2, 0.25) is 0 Å². The van der Waals surface area contributed by atoms with Crippen molar-refractivity contribution >= 4 is 22.6 Å². The Kier molecular flexibility index (Phi) is 4.30. The van der Waals surface area contributed by atoms with Gasteiger partial charge < -0.3 is 10.3 Å². The molecule has 4 aromatic rings. The number of pyridine rings is 1. The Balaban J connectivity index is 1.69. The molecule has 142 valence electrons. The van der Waals surface area contributed by atoms with Crippen molar-refractivity contribution in [3.63, 3.8) is 0 Å². The largest absolute Gasteiger partial charge is 0.353 e.